The number of aromatic nitrogens is 1. The quantitative estimate of drug-likeness (QED) is 0.898. The van der Waals surface area contributed by atoms with Crippen molar-refractivity contribution in [3.63, 3.8) is 0 Å². The summed E-state index contributed by atoms with van der Waals surface area (Å²) in [5, 5.41) is 5.14. The Kier molecular flexibility index (Phi) is 5.22. The van der Waals surface area contributed by atoms with Gasteiger partial charge in [0.2, 0.25) is 0 Å². The minimum atomic E-state index is 0.0360. The van der Waals surface area contributed by atoms with Gasteiger partial charge in [-0.15, -0.1) is 11.3 Å². The summed E-state index contributed by atoms with van der Waals surface area (Å²) in [4.78, 5) is 20.9. The molecule has 26 heavy (non-hydrogen) atoms. The Labute approximate surface area is 158 Å². The number of anilines is 1. The monoisotopic (exact) mass is 371 g/mol. The standard InChI is InChI=1S/C20H25N3O2S/c1-14-4-5-16-17(13-26-18(16)11-14)20(24)22-12-15-3-2-6-21-19(15)23-7-9-25-10-8-23/h2-3,6,13-14H,4-5,7-12H2,1H3,(H,22,24). The van der Waals surface area contributed by atoms with Crippen molar-refractivity contribution in [1.82, 2.24) is 10.3 Å². The second kappa shape index (κ2) is 7.76. The van der Waals surface area contributed by atoms with Gasteiger partial charge in [-0.3, -0.25) is 4.79 Å². The zero-order valence-corrected chi connectivity index (χ0v) is 16.0. The highest BCUT2D eigenvalue weighted by atomic mass is 32.1. The summed E-state index contributed by atoms with van der Waals surface area (Å²) in [5.74, 6) is 1.72. The van der Waals surface area contributed by atoms with Crippen LogP contribution in [-0.2, 0) is 24.1 Å². The molecule has 2 aliphatic rings. The molecule has 0 spiro atoms. The summed E-state index contributed by atoms with van der Waals surface area (Å²) in [5.41, 5.74) is 3.19. The molecule has 2 aromatic heterocycles. The number of rotatable bonds is 4. The first kappa shape index (κ1) is 17.5. The van der Waals surface area contributed by atoms with Gasteiger partial charge in [0.05, 0.1) is 18.8 Å². The molecule has 4 rings (SSSR count). The van der Waals surface area contributed by atoms with Crippen molar-refractivity contribution >= 4 is 23.1 Å². The van der Waals surface area contributed by atoms with Crippen molar-refractivity contribution in [1.29, 1.82) is 0 Å². The SMILES string of the molecule is CC1CCc2c(C(=O)NCc3cccnc3N3CCOCC3)csc2C1. The van der Waals surface area contributed by atoms with Crippen LogP contribution in [0.1, 0.15) is 39.7 Å². The van der Waals surface area contributed by atoms with E-state index in [1.165, 1.54) is 16.9 Å². The van der Waals surface area contributed by atoms with Gasteiger partial charge in [0.15, 0.2) is 0 Å². The van der Waals surface area contributed by atoms with E-state index < -0.39 is 0 Å². The lowest BCUT2D eigenvalue weighted by molar-refractivity contribution is 0.0950. The van der Waals surface area contributed by atoms with Gasteiger partial charge < -0.3 is 15.0 Å². The van der Waals surface area contributed by atoms with Crippen LogP contribution < -0.4 is 10.2 Å². The van der Waals surface area contributed by atoms with Gasteiger partial charge in [-0.2, -0.15) is 0 Å². The highest BCUT2D eigenvalue weighted by Gasteiger charge is 2.23. The molecular formula is C20H25N3O2S. The summed E-state index contributed by atoms with van der Waals surface area (Å²) < 4.78 is 5.43. The van der Waals surface area contributed by atoms with Crippen LogP contribution in [0.15, 0.2) is 23.7 Å². The summed E-state index contributed by atoms with van der Waals surface area (Å²) in [7, 11) is 0. The number of pyridine rings is 1. The molecule has 1 aliphatic heterocycles. The number of hydrogen-bond acceptors (Lipinski definition) is 5. The average Bonchev–Trinajstić information content (AvgIpc) is 3.10. The third-order valence-electron chi connectivity index (χ3n) is 5.26. The van der Waals surface area contributed by atoms with Crippen LogP contribution in [-0.4, -0.2) is 37.2 Å². The molecule has 0 bridgehead atoms. The number of morpholine rings is 1. The van der Waals surface area contributed by atoms with E-state index in [9.17, 15) is 4.79 Å². The van der Waals surface area contributed by atoms with Gasteiger partial charge in [-0.05, 0) is 36.8 Å². The van der Waals surface area contributed by atoms with E-state index in [1.807, 2.05) is 23.7 Å². The van der Waals surface area contributed by atoms with Crippen LogP contribution in [0.25, 0.3) is 0 Å². The summed E-state index contributed by atoms with van der Waals surface area (Å²) in [6, 6.07) is 3.97. The molecule has 1 N–H and O–H groups in total. The maximum atomic E-state index is 12.8. The zero-order valence-electron chi connectivity index (χ0n) is 15.2. The summed E-state index contributed by atoms with van der Waals surface area (Å²) >= 11 is 1.74. The number of hydrogen-bond donors (Lipinski definition) is 1. The van der Waals surface area contributed by atoms with E-state index in [2.05, 4.69) is 22.1 Å². The highest BCUT2D eigenvalue weighted by molar-refractivity contribution is 7.10. The van der Waals surface area contributed by atoms with Crippen molar-refractivity contribution in [3.05, 3.63) is 45.3 Å². The first-order valence-electron chi connectivity index (χ1n) is 9.36. The van der Waals surface area contributed by atoms with Gasteiger partial charge >= 0.3 is 0 Å². The van der Waals surface area contributed by atoms with Gasteiger partial charge in [-0.1, -0.05) is 13.0 Å². The fourth-order valence-electron chi connectivity index (χ4n) is 3.77. The molecule has 138 valence electrons. The van der Waals surface area contributed by atoms with Crippen molar-refractivity contribution in [3.8, 4) is 0 Å². The second-order valence-corrected chi connectivity index (χ2v) is 8.13. The lowest BCUT2D eigenvalue weighted by Crippen LogP contribution is -2.37. The number of nitrogens with one attached hydrogen (secondary N) is 1. The second-order valence-electron chi connectivity index (χ2n) is 7.17. The number of fused-ring (bicyclic) bond motifs is 1. The number of amides is 1. The Morgan fingerprint density at radius 3 is 3.12 bits per heavy atom. The fraction of sp³-hybridized carbons (Fsp3) is 0.500. The van der Waals surface area contributed by atoms with Crippen LogP contribution in [0, 0.1) is 5.92 Å². The normalized spacial score (nSPS) is 19.9. The van der Waals surface area contributed by atoms with E-state index >= 15 is 0 Å². The molecule has 3 heterocycles. The number of nitrogens with zero attached hydrogens (tertiary/aromatic N) is 2. The molecule has 1 fully saturated rings. The summed E-state index contributed by atoms with van der Waals surface area (Å²) in [6.45, 7) is 5.92. The highest BCUT2D eigenvalue weighted by Crippen LogP contribution is 2.32. The van der Waals surface area contributed by atoms with Crippen LogP contribution in [0.4, 0.5) is 5.82 Å². The first-order chi connectivity index (χ1) is 12.7. The van der Waals surface area contributed by atoms with Gasteiger partial charge in [0.1, 0.15) is 5.82 Å². The Morgan fingerprint density at radius 1 is 1.42 bits per heavy atom. The van der Waals surface area contributed by atoms with Crippen molar-refractivity contribution in [2.75, 3.05) is 31.2 Å². The maximum absolute atomic E-state index is 12.8. The molecule has 1 unspecified atom stereocenters. The molecule has 2 aromatic rings. The Morgan fingerprint density at radius 2 is 2.27 bits per heavy atom. The predicted octanol–water partition coefficient (Wildman–Crippen LogP) is 3.03. The van der Waals surface area contributed by atoms with Crippen LogP contribution in [0.2, 0.25) is 0 Å². The Hall–Kier alpha value is -1.92. The molecule has 5 nitrogen and oxygen atoms in total. The molecular weight excluding hydrogens is 346 g/mol. The number of carbonyl (C=O) groups is 1. The molecule has 1 atom stereocenters. The van der Waals surface area contributed by atoms with Crippen molar-refractivity contribution in [2.45, 2.75) is 32.7 Å². The number of carbonyl (C=O) groups excluding carboxylic acids is 1. The molecule has 0 aromatic carbocycles. The average molecular weight is 372 g/mol. The number of thiophene rings is 1. The number of ether oxygens (including phenoxy) is 1. The van der Waals surface area contributed by atoms with Gasteiger partial charge in [-0.25, -0.2) is 4.98 Å². The van der Waals surface area contributed by atoms with Gasteiger partial charge in [0, 0.05) is 41.7 Å². The molecule has 1 saturated heterocycles. The van der Waals surface area contributed by atoms with E-state index in [0.717, 1.165) is 62.0 Å². The molecule has 1 aliphatic carbocycles. The zero-order chi connectivity index (χ0) is 17.9. The predicted molar refractivity (Wildman–Crippen MR) is 104 cm³/mol. The van der Waals surface area contributed by atoms with E-state index in [4.69, 9.17) is 4.74 Å². The fourth-order valence-corrected chi connectivity index (χ4v) is 5.01. The minimum absolute atomic E-state index is 0.0360. The third-order valence-corrected chi connectivity index (χ3v) is 6.32. The minimum Gasteiger partial charge on any atom is -0.378 e. The van der Waals surface area contributed by atoms with Crippen molar-refractivity contribution < 1.29 is 9.53 Å². The van der Waals surface area contributed by atoms with Crippen LogP contribution in [0.5, 0.6) is 0 Å². The van der Waals surface area contributed by atoms with Crippen LogP contribution >= 0.6 is 11.3 Å². The van der Waals surface area contributed by atoms with Crippen LogP contribution in [0.3, 0.4) is 0 Å². The Bertz CT molecular complexity index is 783. The largest absolute Gasteiger partial charge is 0.378 e. The Balaban J connectivity index is 1.46. The van der Waals surface area contributed by atoms with Crippen molar-refractivity contribution in [2.24, 2.45) is 5.92 Å². The third kappa shape index (κ3) is 3.62. The van der Waals surface area contributed by atoms with E-state index in [-0.39, 0.29) is 5.91 Å². The van der Waals surface area contributed by atoms with Gasteiger partial charge in [0.25, 0.3) is 5.91 Å². The topological polar surface area (TPSA) is 54.5 Å². The molecule has 0 saturated carbocycles. The molecule has 6 heteroatoms. The van der Waals surface area contributed by atoms with E-state index in [1.54, 1.807) is 11.3 Å². The summed E-state index contributed by atoms with van der Waals surface area (Å²) in [6.07, 6.45) is 5.12. The van der Waals surface area contributed by atoms with E-state index in [0.29, 0.717) is 6.54 Å². The first-order valence-corrected chi connectivity index (χ1v) is 10.2. The lowest BCUT2D eigenvalue weighted by Gasteiger charge is -2.29. The molecule has 0 radical (unpaired) electrons. The lowest BCUT2D eigenvalue weighted by atomic mass is 9.88. The maximum Gasteiger partial charge on any atom is 0.252 e. The smallest absolute Gasteiger partial charge is 0.252 e. The molecule has 1 amide bonds.